The number of hydrogen-bond donors (Lipinski definition) is 1. The van der Waals surface area contributed by atoms with E-state index in [0.29, 0.717) is 0 Å². The monoisotopic (exact) mass is 268 g/mol. The summed E-state index contributed by atoms with van der Waals surface area (Å²) in [4.78, 5) is 4.45. The summed E-state index contributed by atoms with van der Waals surface area (Å²) >= 11 is 5.95. The number of aromatic nitrogens is 1. The molecule has 2 nitrogen and oxygen atoms in total. The number of pyridine rings is 1. The Morgan fingerprint density at radius 2 is 1.74 bits per heavy atom. The molecule has 3 aromatic rings. The molecular formula is C16H13ClN2. The highest BCUT2D eigenvalue weighted by atomic mass is 35.5. The first kappa shape index (κ1) is 12.0. The molecule has 0 aliphatic carbocycles. The van der Waals surface area contributed by atoms with Crippen LogP contribution in [0.2, 0.25) is 5.02 Å². The molecule has 0 saturated heterocycles. The summed E-state index contributed by atoms with van der Waals surface area (Å²) in [6, 6.07) is 13.7. The van der Waals surface area contributed by atoms with Crippen LogP contribution < -0.4 is 5.73 Å². The highest BCUT2D eigenvalue weighted by molar-refractivity contribution is 6.30. The van der Waals surface area contributed by atoms with Crippen molar-refractivity contribution < 1.29 is 0 Å². The van der Waals surface area contributed by atoms with Gasteiger partial charge in [0.2, 0.25) is 0 Å². The Balaban J connectivity index is 2.36. The lowest BCUT2D eigenvalue weighted by atomic mass is 9.97. The first-order valence-corrected chi connectivity index (χ1v) is 6.44. The SMILES string of the molecule is Cc1ncc2c(N)cccc2c1-c1ccc(Cl)cc1. The van der Waals surface area contributed by atoms with Gasteiger partial charge >= 0.3 is 0 Å². The molecule has 3 rings (SSSR count). The van der Waals surface area contributed by atoms with Crippen molar-refractivity contribution in [2.24, 2.45) is 0 Å². The van der Waals surface area contributed by atoms with Crippen molar-refractivity contribution >= 4 is 28.1 Å². The third kappa shape index (κ3) is 2.04. The molecule has 1 aromatic heterocycles. The minimum atomic E-state index is 0.731. The van der Waals surface area contributed by atoms with Gasteiger partial charge in [-0.15, -0.1) is 0 Å². The van der Waals surface area contributed by atoms with Crippen LogP contribution in [0.25, 0.3) is 21.9 Å². The van der Waals surface area contributed by atoms with E-state index in [1.165, 1.54) is 0 Å². The van der Waals surface area contributed by atoms with Crippen LogP contribution in [-0.2, 0) is 0 Å². The van der Waals surface area contributed by atoms with Crippen LogP contribution in [0, 0.1) is 6.92 Å². The third-order valence-corrected chi connectivity index (χ3v) is 3.54. The van der Waals surface area contributed by atoms with Crippen molar-refractivity contribution in [3.05, 3.63) is 59.4 Å². The van der Waals surface area contributed by atoms with Gasteiger partial charge in [-0.25, -0.2) is 0 Å². The van der Waals surface area contributed by atoms with Crippen LogP contribution in [-0.4, -0.2) is 4.98 Å². The number of nitrogens with two attached hydrogens (primary N) is 1. The maximum Gasteiger partial charge on any atom is 0.0457 e. The number of nitrogen functional groups attached to an aromatic ring is 1. The van der Waals surface area contributed by atoms with E-state index in [1.54, 1.807) is 0 Å². The second kappa shape index (κ2) is 4.56. The molecule has 0 spiro atoms. The third-order valence-electron chi connectivity index (χ3n) is 3.29. The molecule has 2 aromatic carbocycles. The molecular weight excluding hydrogens is 256 g/mol. The van der Waals surface area contributed by atoms with Crippen molar-refractivity contribution in [3.63, 3.8) is 0 Å². The average molecular weight is 269 g/mol. The zero-order valence-electron chi connectivity index (χ0n) is 10.5. The molecule has 0 saturated carbocycles. The van der Waals surface area contributed by atoms with Crippen molar-refractivity contribution in [3.8, 4) is 11.1 Å². The van der Waals surface area contributed by atoms with Crippen molar-refractivity contribution in [2.45, 2.75) is 6.92 Å². The van der Waals surface area contributed by atoms with E-state index in [-0.39, 0.29) is 0 Å². The van der Waals surface area contributed by atoms with E-state index in [4.69, 9.17) is 17.3 Å². The zero-order chi connectivity index (χ0) is 13.4. The Labute approximate surface area is 116 Å². The number of halogens is 1. The first-order valence-electron chi connectivity index (χ1n) is 6.06. The van der Waals surface area contributed by atoms with Crippen molar-refractivity contribution in [1.82, 2.24) is 4.98 Å². The van der Waals surface area contributed by atoms with E-state index in [0.717, 1.165) is 38.3 Å². The predicted octanol–water partition coefficient (Wildman–Crippen LogP) is 4.45. The molecule has 0 atom stereocenters. The van der Waals surface area contributed by atoms with Gasteiger partial charge in [-0.05, 0) is 36.1 Å². The molecule has 0 amide bonds. The standard InChI is InChI=1S/C16H13ClN2/c1-10-16(11-5-7-12(17)8-6-11)13-3-2-4-15(18)14(13)9-19-10/h2-9H,18H2,1H3. The Morgan fingerprint density at radius 1 is 1.00 bits per heavy atom. The number of anilines is 1. The van der Waals surface area contributed by atoms with Crippen molar-refractivity contribution in [1.29, 1.82) is 0 Å². The van der Waals surface area contributed by atoms with Gasteiger partial charge in [-0.1, -0.05) is 35.9 Å². The molecule has 0 aliphatic heterocycles. The van der Waals surface area contributed by atoms with Crippen LogP contribution in [0.4, 0.5) is 5.69 Å². The fourth-order valence-corrected chi connectivity index (χ4v) is 2.47. The second-order valence-electron chi connectivity index (χ2n) is 4.53. The molecule has 0 radical (unpaired) electrons. The molecule has 94 valence electrons. The lowest BCUT2D eigenvalue weighted by molar-refractivity contribution is 1.23. The van der Waals surface area contributed by atoms with E-state index in [9.17, 15) is 0 Å². The quantitative estimate of drug-likeness (QED) is 0.663. The second-order valence-corrected chi connectivity index (χ2v) is 4.97. The largest absolute Gasteiger partial charge is 0.398 e. The molecule has 1 heterocycles. The fraction of sp³-hybridized carbons (Fsp3) is 0.0625. The number of nitrogens with zero attached hydrogens (tertiary/aromatic N) is 1. The van der Waals surface area contributed by atoms with Gasteiger partial charge in [0.25, 0.3) is 0 Å². The number of rotatable bonds is 1. The van der Waals surface area contributed by atoms with Crippen LogP contribution in [0.15, 0.2) is 48.7 Å². The molecule has 0 fully saturated rings. The number of benzene rings is 2. The minimum absolute atomic E-state index is 0.731. The van der Waals surface area contributed by atoms with Gasteiger partial charge in [-0.2, -0.15) is 0 Å². The summed E-state index contributed by atoms with van der Waals surface area (Å²) in [5, 5.41) is 2.84. The Morgan fingerprint density at radius 3 is 2.47 bits per heavy atom. The summed E-state index contributed by atoms with van der Waals surface area (Å²) in [5.74, 6) is 0. The fourth-order valence-electron chi connectivity index (χ4n) is 2.35. The summed E-state index contributed by atoms with van der Waals surface area (Å²) in [6.45, 7) is 2.01. The Kier molecular flexibility index (Phi) is 2.88. The number of hydrogen-bond acceptors (Lipinski definition) is 2. The number of fused-ring (bicyclic) bond motifs is 1. The lowest BCUT2D eigenvalue weighted by Crippen LogP contribution is -1.93. The van der Waals surface area contributed by atoms with Crippen LogP contribution >= 0.6 is 11.6 Å². The maximum absolute atomic E-state index is 6.02. The van der Waals surface area contributed by atoms with E-state index < -0.39 is 0 Å². The molecule has 0 aliphatic rings. The van der Waals surface area contributed by atoms with E-state index in [2.05, 4.69) is 11.1 Å². The minimum Gasteiger partial charge on any atom is -0.398 e. The summed E-state index contributed by atoms with van der Waals surface area (Å²) in [7, 11) is 0. The number of aryl methyl sites for hydroxylation is 1. The molecule has 3 heteroatoms. The van der Waals surface area contributed by atoms with Crippen molar-refractivity contribution in [2.75, 3.05) is 5.73 Å². The summed E-state index contributed by atoms with van der Waals surface area (Å²) in [6.07, 6.45) is 1.83. The molecule has 0 unspecified atom stereocenters. The first-order chi connectivity index (χ1) is 9.16. The topological polar surface area (TPSA) is 38.9 Å². The van der Waals surface area contributed by atoms with Gasteiger partial charge in [0.1, 0.15) is 0 Å². The van der Waals surface area contributed by atoms with Gasteiger partial charge in [0.05, 0.1) is 0 Å². The Hall–Kier alpha value is -2.06. The van der Waals surface area contributed by atoms with Gasteiger partial charge in [-0.3, -0.25) is 4.98 Å². The molecule has 2 N–H and O–H groups in total. The summed E-state index contributed by atoms with van der Waals surface area (Å²) < 4.78 is 0. The van der Waals surface area contributed by atoms with Crippen LogP contribution in [0.3, 0.4) is 0 Å². The van der Waals surface area contributed by atoms with E-state index >= 15 is 0 Å². The average Bonchev–Trinajstić information content (AvgIpc) is 2.40. The van der Waals surface area contributed by atoms with Gasteiger partial charge in [0, 0.05) is 33.6 Å². The molecule has 0 bridgehead atoms. The zero-order valence-corrected chi connectivity index (χ0v) is 11.3. The normalized spacial score (nSPS) is 10.8. The maximum atomic E-state index is 6.02. The smallest absolute Gasteiger partial charge is 0.0457 e. The lowest BCUT2D eigenvalue weighted by Gasteiger charge is -2.11. The van der Waals surface area contributed by atoms with Gasteiger partial charge in [0.15, 0.2) is 0 Å². The van der Waals surface area contributed by atoms with E-state index in [1.807, 2.05) is 49.5 Å². The van der Waals surface area contributed by atoms with Crippen LogP contribution in [0.1, 0.15) is 5.69 Å². The molecule has 19 heavy (non-hydrogen) atoms. The van der Waals surface area contributed by atoms with Crippen LogP contribution in [0.5, 0.6) is 0 Å². The predicted molar refractivity (Wildman–Crippen MR) is 81.3 cm³/mol. The summed E-state index contributed by atoms with van der Waals surface area (Å²) in [5.41, 5.74) is 9.97. The highest BCUT2D eigenvalue weighted by Crippen LogP contribution is 2.33. The Bertz CT molecular complexity index is 749. The van der Waals surface area contributed by atoms with Gasteiger partial charge < -0.3 is 5.73 Å². The highest BCUT2D eigenvalue weighted by Gasteiger charge is 2.09.